The molecule has 0 aliphatic carbocycles. The quantitative estimate of drug-likeness (QED) is 0.457. The SMILES string of the molecule is COC(=O)C(OC(C)=O)C(=O)c1ccc(F)cc1. The summed E-state index contributed by atoms with van der Waals surface area (Å²) >= 11 is 0. The van der Waals surface area contributed by atoms with Gasteiger partial charge in [-0.1, -0.05) is 0 Å². The number of hydrogen-bond acceptors (Lipinski definition) is 5. The largest absolute Gasteiger partial charge is 0.466 e. The highest BCUT2D eigenvalue weighted by Gasteiger charge is 2.31. The Bertz CT molecular complexity index is 466. The summed E-state index contributed by atoms with van der Waals surface area (Å²) in [5.41, 5.74) is 0.0491. The van der Waals surface area contributed by atoms with Gasteiger partial charge in [0.15, 0.2) is 0 Å². The highest BCUT2D eigenvalue weighted by molar-refractivity contribution is 6.12. The molecule has 0 aliphatic rings. The van der Waals surface area contributed by atoms with Crippen LogP contribution in [0.1, 0.15) is 17.3 Å². The Balaban J connectivity index is 2.98. The van der Waals surface area contributed by atoms with Crippen LogP contribution in [0.3, 0.4) is 0 Å². The van der Waals surface area contributed by atoms with Gasteiger partial charge < -0.3 is 9.47 Å². The predicted octanol–water partition coefficient (Wildman–Crippen LogP) is 1.11. The lowest BCUT2D eigenvalue weighted by molar-refractivity contribution is -0.161. The van der Waals surface area contributed by atoms with Crippen molar-refractivity contribution in [3.8, 4) is 0 Å². The predicted molar refractivity (Wildman–Crippen MR) is 58.3 cm³/mol. The Kier molecular flexibility index (Phi) is 4.53. The smallest absolute Gasteiger partial charge is 0.355 e. The number of carbonyl (C=O) groups is 3. The van der Waals surface area contributed by atoms with E-state index in [-0.39, 0.29) is 5.56 Å². The van der Waals surface area contributed by atoms with Crippen LogP contribution in [-0.4, -0.2) is 30.9 Å². The minimum atomic E-state index is -1.67. The first-order chi connectivity index (χ1) is 8.45. The topological polar surface area (TPSA) is 69.7 Å². The van der Waals surface area contributed by atoms with Gasteiger partial charge in [0.05, 0.1) is 7.11 Å². The van der Waals surface area contributed by atoms with E-state index in [0.717, 1.165) is 26.2 Å². The number of rotatable bonds is 4. The molecule has 1 aromatic rings. The fourth-order valence-electron chi connectivity index (χ4n) is 1.25. The van der Waals surface area contributed by atoms with Crippen LogP contribution >= 0.6 is 0 Å². The molecular formula is C12H11FO5. The van der Waals surface area contributed by atoms with Crippen LogP contribution in [0.5, 0.6) is 0 Å². The number of ketones is 1. The van der Waals surface area contributed by atoms with Gasteiger partial charge in [-0.15, -0.1) is 0 Å². The van der Waals surface area contributed by atoms with Crippen molar-refractivity contribution >= 4 is 17.7 Å². The molecule has 0 heterocycles. The van der Waals surface area contributed by atoms with Crippen molar-refractivity contribution in [3.05, 3.63) is 35.6 Å². The molecule has 0 fully saturated rings. The fraction of sp³-hybridized carbons (Fsp3) is 0.250. The summed E-state index contributed by atoms with van der Waals surface area (Å²) in [6.45, 7) is 1.06. The lowest BCUT2D eigenvalue weighted by atomic mass is 10.1. The molecule has 0 N–H and O–H groups in total. The van der Waals surface area contributed by atoms with Crippen molar-refractivity contribution in [2.45, 2.75) is 13.0 Å². The number of benzene rings is 1. The average molecular weight is 254 g/mol. The zero-order valence-electron chi connectivity index (χ0n) is 9.81. The molecule has 1 atom stereocenters. The average Bonchev–Trinajstić information content (AvgIpc) is 2.35. The zero-order chi connectivity index (χ0) is 13.7. The van der Waals surface area contributed by atoms with Gasteiger partial charge in [-0.2, -0.15) is 0 Å². The summed E-state index contributed by atoms with van der Waals surface area (Å²) in [6, 6.07) is 4.51. The Morgan fingerprint density at radius 1 is 1.17 bits per heavy atom. The van der Waals surface area contributed by atoms with E-state index in [4.69, 9.17) is 0 Å². The van der Waals surface area contributed by atoms with Crippen LogP contribution in [0, 0.1) is 5.82 Å². The molecule has 18 heavy (non-hydrogen) atoms. The third-order valence-electron chi connectivity index (χ3n) is 2.07. The van der Waals surface area contributed by atoms with E-state index in [0.29, 0.717) is 0 Å². The van der Waals surface area contributed by atoms with Gasteiger partial charge in [-0.05, 0) is 24.3 Å². The fourth-order valence-corrected chi connectivity index (χ4v) is 1.25. The molecule has 0 saturated carbocycles. The van der Waals surface area contributed by atoms with E-state index in [1.54, 1.807) is 0 Å². The second kappa shape index (κ2) is 5.90. The first-order valence-electron chi connectivity index (χ1n) is 5.00. The normalized spacial score (nSPS) is 11.5. The number of halogens is 1. The van der Waals surface area contributed by atoms with Crippen molar-refractivity contribution in [3.63, 3.8) is 0 Å². The Hall–Kier alpha value is -2.24. The molecule has 1 unspecified atom stereocenters. The highest BCUT2D eigenvalue weighted by atomic mass is 19.1. The van der Waals surface area contributed by atoms with Crippen molar-refractivity contribution in [1.82, 2.24) is 0 Å². The van der Waals surface area contributed by atoms with Gasteiger partial charge in [0.1, 0.15) is 5.82 Å². The maximum absolute atomic E-state index is 12.7. The van der Waals surface area contributed by atoms with Crippen molar-refractivity contribution < 1.29 is 28.2 Å². The van der Waals surface area contributed by atoms with Crippen molar-refractivity contribution in [2.24, 2.45) is 0 Å². The van der Waals surface area contributed by atoms with Crippen LogP contribution in [0.15, 0.2) is 24.3 Å². The molecular weight excluding hydrogens is 243 g/mol. The summed E-state index contributed by atoms with van der Waals surface area (Å²) in [6.07, 6.45) is -1.67. The second-order valence-corrected chi connectivity index (χ2v) is 3.38. The van der Waals surface area contributed by atoms with E-state index in [1.165, 1.54) is 12.1 Å². The highest BCUT2D eigenvalue weighted by Crippen LogP contribution is 2.10. The number of carbonyl (C=O) groups excluding carboxylic acids is 3. The standard InChI is InChI=1S/C12H11FO5/c1-7(14)18-11(12(16)17-2)10(15)8-3-5-9(13)6-4-8/h3-6,11H,1-2H3. The first-order valence-corrected chi connectivity index (χ1v) is 5.00. The van der Waals surface area contributed by atoms with Crippen LogP contribution < -0.4 is 0 Å². The molecule has 96 valence electrons. The molecule has 0 aromatic heterocycles. The van der Waals surface area contributed by atoms with Gasteiger partial charge in [-0.25, -0.2) is 9.18 Å². The van der Waals surface area contributed by atoms with E-state index in [9.17, 15) is 18.8 Å². The molecule has 0 spiro atoms. The molecule has 0 amide bonds. The van der Waals surface area contributed by atoms with Crippen LogP contribution in [-0.2, 0) is 19.1 Å². The summed E-state index contributed by atoms with van der Waals surface area (Å²) in [4.78, 5) is 34.0. The molecule has 5 nitrogen and oxygen atoms in total. The maximum atomic E-state index is 12.7. The molecule has 0 saturated heterocycles. The second-order valence-electron chi connectivity index (χ2n) is 3.38. The molecule has 0 radical (unpaired) electrons. The first kappa shape index (κ1) is 13.8. The lowest BCUT2D eigenvalue weighted by Gasteiger charge is -2.13. The molecule has 0 aliphatic heterocycles. The lowest BCUT2D eigenvalue weighted by Crippen LogP contribution is -2.35. The van der Waals surface area contributed by atoms with Gasteiger partial charge in [-0.3, -0.25) is 9.59 Å². The summed E-state index contributed by atoms with van der Waals surface area (Å²) in [7, 11) is 1.07. The van der Waals surface area contributed by atoms with Crippen molar-refractivity contribution in [2.75, 3.05) is 7.11 Å². The van der Waals surface area contributed by atoms with E-state index in [1.807, 2.05) is 0 Å². The van der Waals surface area contributed by atoms with Gasteiger partial charge in [0, 0.05) is 12.5 Å². The molecule has 6 heteroatoms. The Labute approximate surface area is 102 Å². The minimum absolute atomic E-state index is 0.0491. The van der Waals surface area contributed by atoms with Gasteiger partial charge >= 0.3 is 11.9 Å². The minimum Gasteiger partial charge on any atom is -0.466 e. The van der Waals surface area contributed by atoms with Crippen LogP contribution in [0.25, 0.3) is 0 Å². The van der Waals surface area contributed by atoms with Crippen LogP contribution in [0.4, 0.5) is 4.39 Å². The maximum Gasteiger partial charge on any atom is 0.355 e. The number of esters is 2. The third-order valence-corrected chi connectivity index (χ3v) is 2.07. The third kappa shape index (κ3) is 3.38. The number of methoxy groups -OCH3 is 1. The zero-order valence-corrected chi connectivity index (χ0v) is 9.81. The van der Waals surface area contributed by atoms with Gasteiger partial charge in [0.2, 0.25) is 5.78 Å². The number of ether oxygens (including phenoxy) is 2. The number of hydrogen-bond donors (Lipinski definition) is 0. The number of Topliss-reactive ketones (excluding diaryl/α,β-unsaturated/α-hetero) is 1. The van der Waals surface area contributed by atoms with Gasteiger partial charge in [0.25, 0.3) is 6.10 Å². The summed E-state index contributed by atoms with van der Waals surface area (Å²) < 4.78 is 21.7. The van der Waals surface area contributed by atoms with E-state index in [2.05, 4.69) is 9.47 Å². The molecule has 1 rings (SSSR count). The van der Waals surface area contributed by atoms with E-state index >= 15 is 0 Å². The van der Waals surface area contributed by atoms with Crippen LogP contribution in [0.2, 0.25) is 0 Å². The Morgan fingerprint density at radius 3 is 2.17 bits per heavy atom. The van der Waals surface area contributed by atoms with Crippen molar-refractivity contribution in [1.29, 1.82) is 0 Å². The summed E-state index contributed by atoms with van der Waals surface area (Å²) in [5, 5.41) is 0. The Morgan fingerprint density at radius 2 is 1.72 bits per heavy atom. The monoisotopic (exact) mass is 254 g/mol. The summed E-state index contributed by atoms with van der Waals surface area (Å²) in [5.74, 6) is -3.06. The molecule has 0 bridgehead atoms. The van der Waals surface area contributed by atoms with E-state index < -0.39 is 29.6 Å². The molecule has 1 aromatic carbocycles.